The maximum atomic E-state index is 13.0. The molecular weight excluding hydrogens is 269 g/mol. The van der Waals surface area contributed by atoms with E-state index in [2.05, 4.69) is 16.0 Å². The highest BCUT2D eigenvalue weighted by Gasteiger charge is 2.22. The van der Waals surface area contributed by atoms with Gasteiger partial charge in [-0.3, -0.25) is 0 Å². The van der Waals surface area contributed by atoms with Gasteiger partial charge in [0.1, 0.15) is 23.8 Å². The van der Waals surface area contributed by atoms with Crippen LogP contribution in [0.2, 0.25) is 0 Å². The summed E-state index contributed by atoms with van der Waals surface area (Å²) in [6.07, 6.45) is 1.47. The molecule has 21 heavy (non-hydrogen) atoms. The molecule has 3 rings (SSSR count). The van der Waals surface area contributed by atoms with Gasteiger partial charge in [-0.05, 0) is 29.8 Å². The summed E-state index contributed by atoms with van der Waals surface area (Å²) in [7, 11) is 0. The lowest BCUT2D eigenvalue weighted by Gasteiger charge is -2.34. The third-order valence-electron chi connectivity index (χ3n) is 3.51. The molecule has 1 aromatic heterocycles. The first-order valence-corrected chi connectivity index (χ1v) is 6.74. The number of pyridine rings is 1. The number of aromatic nitrogens is 1. The second-order valence-corrected chi connectivity index (χ2v) is 4.87. The number of hydrogen-bond acceptors (Lipinski definition) is 4. The van der Waals surface area contributed by atoms with Gasteiger partial charge in [0.05, 0.1) is 12.2 Å². The van der Waals surface area contributed by atoms with Crippen molar-refractivity contribution in [1.29, 1.82) is 5.26 Å². The normalized spacial score (nSPS) is 18.3. The van der Waals surface area contributed by atoms with Gasteiger partial charge in [-0.1, -0.05) is 12.1 Å². The molecule has 0 unspecified atom stereocenters. The minimum atomic E-state index is -0.250. The van der Waals surface area contributed by atoms with Gasteiger partial charge in [0.25, 0.3) is 0 Å². The Kier molecular flexibility index (Phi) is 3.80. The fourth-order valence-electron chi connectivity index (χ4n) is 2.38. The van der Waals surface area contributed by atoms with Gasteiger partial charge in [0.15, 0.2) is 0 Å². The number of benzene rings is 1. The Morgan fingerprint density at radius 2 is 2.05 bits per heavy atom. The first kappa shape index (κ1) is 13.5. The van der Waals surface area contributed by atoms with Crippen molar-refractivity contribution in [2.75, 3.05) is 24.6 Å². The second kappa shape index (κ2) is 5.90. The summed E-state index contributed by atoms with van der Waals surface area (Å²) >= 11 is 0. The fraction of sp³-hybridized carbons (Fsp3) is 0.250. The van der Waals surface area contributed by atoms with E-state index < -0.39 is 0 Å². The molecule has 106 valence electrons. The Morgan fingerprint density at radius 1 is 1.24 bits per heavy atom. The molecule has 0 N–H and O–H groups in total. The third-order valence-corrected chi connectivity index (χ3v) is 3.51. The van der Waals surface area contributed by atoms with Crippen LogP contribution in [0, 0.1) is 17.1 Å². The van der Waals surface area contributed by atoms with E-state index >= 15 is 0 Å². The van der Waals surface area contributed by atoms with Crippen molar-refractivity contribution in [3.8, 4) is 6.07 Å². The standard InChI is InChI=1S/C16H14FN3O/c17-14-4-2-13(3-5-14)15-11-20(7-8-21-15)16-6-1-12(9-18)10-19-16/h1-6,10,15H,7-8,11H2/t15-/m1/s1. The van der Waals surface area contributed by atoms with Crippen LogP contribution in [0.1, 0.15) is 17.2 Å². The van der Waals surface area contributed by atoms with E-state index in [0.717, 1.165) is 17.9 Å². The average molecular weight is 283 g/mol. The summed E-state index contributed by atoms with van der Waals surface area (Å²) in [6, 6.07) is 12.0. The summed E-state index contributed by atoms with van der Waals surface area (Å²) in [5.74, 6) is 0.574. The van der Waals surface area contributed by atoms with Gasteiger partial charge >= 0.3 is 0 Å². The van der Waals surface area contributed by atoms with Crippen molar-refractivity contribution < 1.29 is 9.13 Å². The first-order valence-electron chi connectivity index (χ1n) is 6.74. The minimum Gasteiger partial charge on any atom is -0.370 e. The van der Waals surface area contributed by atoms with Gasteiger partial charge in [-0.25, -0.2) is 9.37 Å². The van der Waals surface area contributed by atoms with E-state index in [-0.39, 0.29) is 11.9 Å². The molecule has 1 saturated heterocycles. The number of ether oxygens (including phenoxy) is 1. The molecule has 2 aromatic rings. The number of nitriles is 1. The summed E-state index contributed by atoms with van der Waals surface area (Å²) in [5.41, 5.74) is 1.50. The third kappa shape index (κ3) is 3.01. The SMILES string of the molecule is N#Cc1ccc(N2CCO[C@@H](c3ccc(F)cc3)C2)nc1. The van der Waals surface area contributed by atoms with Gasteiger partial charge in [-0.2, -0.15) is 5.26 Å². The van der Waals surface area contributed by atoms with Crippen LogP contribution < -0.4 is 4.90 Å². The number of rotatable bonds is 2. The molecule has 5 heteroatoms. The van der Waals surface area contributed by atoms with E-state index in [4.69, 9.17) is 10.00 Å². The number of morpholine rings is 1. The Bertz CT molecular complexity index is 649. The minimum absolute atomic E-state index is 0.100. The van der Waals surface area contributed by atoms with E-state index in [1.807, 2.05) is 6.07 Å². The van der Waals surface area contributed by atoms with Gasteiger partial charge in [0.2, 0.25) is 0 Å². The zero-order valence-electron chi connectivity index (χ0n) is 11.4. The predicted molar refractivity (Wildman–Crippen MR) is 76.3 cm³/mol. The lowest BCUT2D eigenvalue weighted by Crippen LogP contribution is -2.38. The van der Waals surface area contributed by atoms with Crippen molar-refractivity contribution >= 4 is 5.82 Å². The van der Waals surface area contributed by atoms with Crippen LogP contribution in [0.4, 0.5) is 10.2 Å². The summed E-state index contributed by atoms with van der Waals surface area (Å²) in [5, 5.41) is 8.80. The van der Waals surface area contributed by atoms with Crippen molar-refractivity contribution in [1.82, 2.24) is 4.98 Å². The Hall–Kier alpha value is -2.45. The molecule has 1 aromatic carbocycles. The lowest BCUT2D eigenvalue weighted by atomic mass is 10.1. The summed E-state index contributed by atoms with van der Waals surface area (Å²) in [6.45, 7) is 1.99. The number of nitrogens with zero attached hydrogens (tertiary/aromatic N) is 3. The molecular formula is C16H14FN3O. The fourth-order valence-corrected chi connectivity index (χ4v) is 2.38. The van der Waals surface area contributed by atoms with Crippen LogP contribution in [0.25, 0.3) is 0 Å². The van der Waals surface area contributed by atoms with Gasteiger partial charge in [0, 0.05) is 19.3 Å². The van der Waals surface area contributed by atoms with E-state index in [1.165, 1.54) is 12.1 Å². The molecule has 0 amide bonds. The lowest BCUT2D eigenvalue weighted by molar-refractivity contribution is 0.0395. The van der Waals surface area contributed by atoms with Crippen LogP contribution in [0.3, 0.4) is 0 Å². The molecule has 4 nitrogen and oxygen atoms in total. The molecule has 1 aliphatic heterocycles. The van der Waals surface area contributed by atoms with E-state index in [9.17, 15) is 4.39 Å². The Balaban J connectivity index is 1.76. The maximum absolute atomic E-state index is 13.0. The van der Waals surface area contributed by atoms with Gasteiger partial charge < -0.3 is 9.64 Å². The topological polar surface area (TPSA) is 49.2 Å². The van der Waals surface area contributed by atoms with Gasteiger partial charge in [-0.15, -0.1) is 0 Å². The van der Waals surface area contributed by atoms with Crippen molar-refractivity contribution in [2.24, 2.45) is 0 Å². The van der Waals surface area contributed by atoms with Crippen LogP contribution in [-0.4, -0.2) is 24.7 Å². The van der Waals surface area contributed by atoms with E-state index in [1.54, 1.807) is 24.4 Å². The first-order chi connectivity index (χ1) is 10.3. The predicted octanol–water partition coefficient (Wildman–Crippen LogP) is 2.67. The maximum Gasteiger partial charge on any atom is 0.128 e. The monoisotopic (exact) mass is 283 g/mol. The Morgan fingerprint density at radius 3 is 2.71 bits per heavy atom. The largest absolute Gasteiger partial charge is 0.370 e. The molecule has 0 aliphatic carbocycles. The molecule has 0 spiro atoms. The van der Waals surface area contributed by atoms with Crippen LogP contribution in [0.5, 0.6) is 0 Å². The average Bonchev–Trinajstić information content (AvgIpc) is 2.56. The molecule has 1 fully saturated rings. The molecule has 1 atom stereocenters. The highest BCUT2D eigenvalue weighted by atomic mass is 19.1. The summed E-state index contributed by atoms with van der Waals surface area (Å²) < 4.78 is 18.7. The second-order valence-electron chi connectivity index (χ2n) is 4.87. The quantitative estimate of drug-likeness (QED) is 0.850. The summed E-state index contributed by atoms with van der Waals surface area (Å²) in [4.78, 5) is 6.41. The highest BCUT2D eigenvalue weighted by Crippen LogP contribution is 2.25. The smallest absolute Gasteiger partial charge is 0.128 e. The number of halogens is 1. The molecule has 0 saturated carbocycles. The zero-order chi connectivity index (χ0) is 14.7. The van der Waals surface area contributed by atoms with Crippen LogP contribution >= 0.6 is 0 Å². The number of hydrogen-bond donors (Lipinski definition) is 0. The molecule has 1 aliphatic rings. The zero-order valence-corrected chi connectivity index (χ0v) is 11.4. The van der Waals surface area contributed by atoms with Crippen molar-refractivity contribution in [3.05, 3.63) is 59.5 Å². The van der Waals surface area contributed by atoms with Crippen molar-refractivity contribution in [3.63, 3.8) is 0 Å². The molecule has 2 heterocycles. The molecule has 0 bridgehead atoms. The van der Waals surface area contributed by atoms with Crippen molar-refractivity contribution in [2.45, 2.75) is 6.10 Å². The molecule has 0 radical (unpaired) electrons. The Labute approximate surface area is 122 Å². The van der Waals surface area contributed by atoms with Crippen LogP contribution in [0.15, 0.2) is 42.6 Å². The highest BCUT2D eigenvalue weighted by molar-refractivity contribution is 5.42. The number of anilines is 1. The van der Waals surface area contributed by atoms with E-state index in [0.29, 0.717) is 18.7 Å². The van der Waals surface area contributed by atoms with Crippen LogP contribution in [-0.2, 0) is 4.74 Å².